The summed E-state index contributed by atoms with van der Waals surface area (Å²) in [5.74, 6) is -0.430. The SMILES string of the molecule is Cc1cccc(-c2ccc(C(CC(C)C)n3cccc3C(=O)O)cc2)c1. The van der Waals surface area contributed by atoms with Crippen LogP contribution in [0.15, 0.2) is 66.9 Å². The van der Waals surface area contributed by atoms with Gasteiger partial charge in [0, 0.05) is 6.20 Å². The van der Waals surface area contributed by atoms with Crippen LogP contribution in [0.2, 0.25) is 0 Å². The zero-order valence-electron chi connectivity index (χ0n) is 15.5. The number of aromatic nitrogens is 1. The summed E-state index contributed by atoms with van der Waals surface area (Å²) in [5, 5.41) is 9.48. The second-order valence-electron chi connectivity index (χ2n) is 7.24. The van der Waals surface area contributed by atoms with Crippen molar-refractivity contribution in [2.24, 2.45) is 5.92 Å². The topological polar surface area (TPSA) is 42.2 Å². The Bertz CT molecular complexity index is 891. The van der Waals surface area contributed by atoms with Gasteiger partial charge in [-0.05, 0) is 48.1 Å². The lowest BCUT2D eigenvalue weighted by atomic mass is 9.94. The van der Waals surface area contributed by atoms with E-state index in [9.17, 15) is 9.90 Å². The van der Waals surface area contributed by atoms with E-state index in [1.807, 2.05) is 10.8 Å². The molecule has 0 fully saturated rings. The summed E-state index contributed by atoms with van der Waals surface area (Å²) in [4.78, 5) is 11.6. The zero-order chi connectivity index (χ0) is 18.7. The minimum Gasteiger partial charge on any atom is -0.477 e. The van der Waals surface area contributed by atoms with Crippen molar-refractivity contribution in [1.82, 2.24) is 4.57 Å². The Kier molecular flexibility index (Phi) is 5.27. The largest absolute Gasteiger partial charge is 0.477 e. The Morgan fingerprint density at radius 2 is 1.73 bits per heavy atom. The molecule has 26 heavy (non-hydrogen) atoms. The number of aromatic carboxylic acids is 1. The summed E-state index contributed by atoms with van der Waals surface area (Å²) in [6.07, 6.45) is 2.75. The molecular weight excluding hydrogens is 322 g/mol. The highest BCUT2D eigenvalue weighted by Gasteiger charge is 2.20. The fourth-order valence-corrected chi connectivity index (χ4v) is 3.43. The van der Waals surface area contributed by atoms with Crippen molar-refractivity contribution in [3.05, 3.63) is 83.7 Å². The maximum atomic E-state index is 11.6. The molecule has 0 bridgehead atoms. The molecule has 0 aliphatic rings. The van der Waals surface area contributed by atoms with E-state index in [1.165, 1.54) is 16.7 Å². The van der Waals surface area contributed by atoms with Gasteiger partial charge in [-0.15, -0.1) is 0 Å². The highest BCUT2D eigenvalue weighted by atomic mass is 16.4. The number of carbonyl (C=O) groups is 1. The van der Waals surface area contributed by atoms with Gasteiger partial charge >= 0.3 is 5.97 Å². The minimum absolute atomic E-state index is 0.0164. The summed E-state index contributed by atoms with van der Waals surface area (Å²) in [6.45, 7) is 6.42. The van der Waals surface area contributed by atoms with Crippen molar-refractivity contribution in [1.29, 1.82) is 0 Å². The molecule has 0 aliphatic carbocycles. The highest BCUT2D eigenvalue weighted by molar-refractivity contribution is 5.86. The van der Waals surface area contributed by atoms with Gasteiger partial charge in [0.25, 0.3) is 0 Å². The van der Waals surface area contributed by atoms with Crippen molar-refractivity contribution < 1.29 is 9.90 Å². The first kappa shape index (κ1) is 18.0. The number of hydrogen-bond acceptors (Lipinski definition) is 1. The molecule has 1 N–H and O–H groups in total. The number of nitrogens with zero attached hydrogens (tertiary/aromatic N) is 1. The molecular formula is C23H25NO2. The second kappa shape index (κ2) is 7.61. The summed E-state index contributed by atoms with van der Waals surface area (Å²) < 4.78 is 1.88. The van der Waals surface area contributed by atoms with Crippen LogP contribution < -0.4 is 0 Å². The lowest BCUT2D eigenvalue weighted by Gasteiger charge is -2.23. The predicted octanol–water partition coefficient (Wildman–Crippen LogP) is 5.80. The number of aryl methyl sites for hydroxylation is 1. The molecule has 0 saturated carbocycles. The molecule has 1 unspecified atom stereocenters. The quantitative estimate of drug-likeness (QED) is 0.612. The zero-order valence-corrected chi connectivity index (χ0v) is 15.5. The summed E-state index contributed by atoms with van der Waals surface area (Å²) in [6, 6.07) is 20.4. The third kappa shape index (κ3) is 3.88. The van der Waals surface area contributed by atoms with Crippen molar-refractivity contribution in [3.8, 4) is 11.1 Å². The van der Waals surface area contributed by atoms with E-state index >= 15 is 0 Å². The molecule has 3 nitrogen and oxygen atoms in total. The summed E-state index contributed by atoms with van der Waals surface area (Å²) in [7, 11) is 0. The molecule has 0 radical (unpaired) electrons. The van der Waals surface area contributed by atoms with Crippen LogP contribution in [0, 0.1) is 12.8 Å². The third-order valence-electron chi connectivity index (χ3n) is 4.68. The molecule has 2 aromatic carbocycles. The number of carboxylic acid groups (broad SMARTS) is 1. The molecule has 0 spiro atoms. The lowest BCUT2D eigenvalue weighted by Crippen LogP contribution is -2.17. The van der Waals surface area contributed by atoms with E-state index < -0.39 is 5.97 Å². The third-order valence-corrected chi connectivity index (χ3v) is 4.68. The minimum atomic E-state index is -0.889. The lowest BCUT2D eigenvalue weighted by molar-refractivity contribution is 0.0683. The van der Waals surface area contributed by atoms with E-state index in [0.717, 1.165) is 12.0 Å². The van der Waals surface area contributed by atoms with Gasteiger partial charge in [-0.2, -0.15) is 0 Å². The Balaban J connectivity index is 1.97. The van der Waals surface area contributed by atoms with Crippen LogP contribution in [0.4, 0.5) is 0 Å². The summed E-state index contributed by atoms with van der Waals surface area (Å²) in [5.41, 5.74) is 5.07. The first-order valence-corrected chi connectivity index (χ1v) is 9.03. The van der Waals surface area contributed by atoms with E-state index in [-0.39, 0.29) is 6.04 Å². The normalized spacial score (nSPS) is 12.3. The number of hydrogen-bond donors (Lipinski definition) is 1. The van der Waals surface area contributed by atoms with Crippen molar-refractivity contribution in [2.45, 2.75) is 33.2 Å². The van der Waals surface area contributed by atoms with Crippen LogP contribution in [-0.2, 0) is 0 Å². The second-order valence-corrected chi connectivity index (χ2v) is 7.24. The smallest absolute Gasteiger partial charge is 0.352 e. The molecule has 3 aromatic rings. The molecule has 0 aliphatic heterocycles. The molecule has 3 heteroatoms. The molecule has 0 amide bonds. The van der Waals surface area contributed by atoms with Gasteiger partial charge < -0.3 is 9.67 Å². The number of rotatable bonds is 6. The molecule has 1 aromatic heterocycles. The van der Waals surface area contributed by atoms with E-state index in [4.69, 9.17) is 0 Å². The van der Waals surface area contributed by atoms with Crippen molar-refractivity contribution in [2.75, 3.05) is 0 Å². The molecule has 134 valence electrons. The van der Waals surface area contributed by atoms with E-state index in [1.54, 1.807) is 12.1 Å². The number of benzene rings is 2. The summed E-state index contributed by atoms with van der Waals surface area (Å²) >= 11 is 0. The van der Waals surface area contributed by atoms with Crippen LogP contribution in [0.5, 0.6) is 0 Å². The molecule has 1 atom stereocenters. The van der Waals surface area contributed by atoms with Gasteiger partial charge in [0.1, 0.15) is 5.69 Å². The average Bonchev–Trinajstić information content (AvgIpc) is 3.09. The molecule has 0 saturated heterocycles. The standard InChI is InChI=1S/C23H25NO2/c1-16(2)14-22(24-13-5-8-21(24)23(25)26)19-11-9-18(10-12-19)20-7-4-6-17(3)15-20/h4-13,15-16,22H,14H2,1-3H3,(H,25,26). The first-order chi connectivity index (χ1) is 12.5. The van der Waals surface area contributed by atoms with E-state index in [0.29, 0.717) is 11.6 Å². The van der Waals surface area contributed by atoms with Gasteiger partial charge in [0.05, 0.1) is 6.04 Å². The van der Waals surface area contributed by atoms with E-state index in [2.05, 4.69) is 69.3 Å². The Hall–Kier alpha value is -2.81. The predicted molar refractivity (Wildman–Crippen MR) is 106 cm³/mol. The molecule has 1 heterocycles. The highest BCUT2D eigenvalue weighted by Crippen LogP contribution is 2.30. The monoisotopic (exact) mass is 347 g/mol. The fourth-order valence-electron chi connectivity index (χ4n) is 3.43. The van der Waals surface area contributed by atoms with Crippen molar-refractivity contribution >= 4 is 5.97 Å². The van der Waals surface area contributed by atoms with Crippen LogP contribution in [-0.4, -0.2) is 15.6 Å². The fraction of sp³-hybridized carbons (Fsp3) is 0.261. The maximum absolute atomic E-state index is 11.6. The first-order valence-electron chi connectivity index (χ1n) is 9.03. The van der Waals surface area contributed by atoms with Gasteiger partial charge in [-0.1, -0.05) is 67.9 Å². The van der Waals surface area contributed by atoms with Gasteiger partial charge in [0.2, 0.25) is 0 Å². The van der Waals surface area contributed by atoms with Gasteiger partial charge in [0.15, 0.2) is 0 Å². The van der Waals surface area contributed by atoms with Crippen LogP contribution in [0.3, 0.4) is 0 Å². The average molecular weight is 347 g/mol. The number of carboxylic acids is 1. The van der Waals surface area contributed by atoms with Crippen LogP contribution in [0.1, 0.15) is 47.9 Å². The van der Waals surface area contributed by atoms with Crippen molar-refractivity contribution in [3.63, 3.8) is 0 Å². The Morgan fingerprint density at radius 3 is 2.35 bits per heavy atom. The maximum Gasteiger partial charge on any atom is 0.352 e. The Labute approximate surface area is 154 Å². The van der Waals surface area contributed by atoms with Gasteiger partial charge in [-0.3, -0.25) is 0 Å². The molecule has 3 rings (SSSR count). The van der Waals surface area contributed by atoms with Crippen LogP contribution in [0.25, 0.3) is 11.1 Å². The van der Waals surface area contributed by atoms with Crippen LogP contribution >= 0.6 is 0 Å². The Morgan fingerprint density at radius 1 is 1.00 bits per heavy atom. The van der Waals surface area contributed by atoms with Gasteiger partial charge in [-0.25, -0.2) is 4.79 Å².